The standard InChI is InChI=1S/C27H38N6O2/c1-4-32-26-25(20(2)30-33(26)22-14-9-6-10-15-22)29-23(27(32)35)16-17-24(34)28-18-11-19-31(3)21-12-7-5-8-13-21/h6,9-10,14-15,21H,4-5,7-8,11-13,16-19H2,1-3H3,(H,28,34). The first-order chi connectivity index (χ1) is 17.0. The summed E-state index contributed by atoms with van der Waals surface area (Å²) in [4.78, 5) is 32.8. The predicted octanol–water partition coefficient (Wildman–Crippen LogP) is 3.61. The molecule has 1 fully saturated rings. The van der Waals surface area contributed by atoms with Gasteiger partial charge in [0.25, 0.3) is 5.56 Å². The van der Waals surface area contributed by atoms with E-state index >= 15 is 0 Å². The molecular formula is C27H38N6O2. The van der Waals surface area contributed by atoms with Crippen LogP contribution in [-0.4, -0.2) is 56.3 Å². The zero-order valence-corrected chi connectivity index (χ0v) is 21.3. The van der Waals surface area contributed by atoms with Crippen LogP contribution in [0, 0.1) is 6.92 Å². The number of amides is 1. The van der Waals surface area contributed by atoms with Crippen LogP contribution in [0.5, 0.6) is 0 Å². The number of para-hydroxylation sites is 1. The third kappa shape index (κ3) is 5.81. The second-order valence-electron chi connectivity index (χ2n) is 9.59. The van der Waals surface area contributed by atoms with E-state index in [1.165, 1.54) is 32.1 Å². The largest absolute Gasteiger partial charge is 0.356 e. The Morgan fingerprint density at radius 3 is 2.63 bits per heavy atom. The number of aryl methyl sites for hydroxylation is 3. The van der Waals surface area contributed by atoms with Crippen LogP contribution in [-0.2, 0) is 17.8 Å². The summed E-state index contributed by atoms with van der Waals surface area (Å²) in [6.07, 6.45) is 8.11. The van der Waals surface area contributed by atoms with E-state index in [9.17, 15) is 9.59 Å². The molecule has 188 valence electrons. The number of benzene rings is 1. The summed E-state index contributed by atoms with van der Waals surface area (Å²) in [5.41, 5.74) is 3.31. The summed E-state index contributed by atoms with van der Waals surface area (Å²) < 4.78 is 3.49. The van der Waals surface area contributed by atoms with Crippen molar-refractivity contribution in [2.75, 3.05) is 20.1 Å². The summed E-state index contributed by atoms with van der Waals surface area (Å²) >= 11 is 0. The molecule has 0 aliphatic heterocycles. The van der Waals surface area contributed by atoms with Gasteiger partial charge in [-0.05, 0) is 58.8 Å². The Hall–Kier alpha value is -3.00. The van der Waals surface area contributed by atoms with Gasteiger partial charge in [-0.2, -0.15) is 5.10 Å². The molecule has 0 radical (unpaired) electrons. The van der Waals surface area contributed by atoms with Crippen molar-refractivity contribution in [1.29, 1.82) is 0 Å². The van der Waals surface area contributed by atoms with E-state index in [-0.39, 0.29) is 17.9 Å². The van der Waals surface area contributed by atoms with Crippen LogP contribution < -0.4 is 10.9 Å². The lowest BCUT2D eigenvalue weighted by molar-refractivity contribution is -0.121. The second kappa shape index (κ2) is 11.6. The van der Waals surface area contributed by atoms with Crippen molar-refractivity contribution in [3.05, 3.63) is 52.1 Å². The third-order valence-electron chi connectivity index (χ3n) is 7.11. The number of rotatable bonds is 10. The third-order valence-corrected chi connectivity index (χ3v) is 7.11. The number of carbonyl (C=O) groups is 1. The van der Waals surface area contributed by atoms with E-state index in [1.54, 1.807) is 9.25 Å². The van der Waals surface area contributed by atoms with E-state index in [0.717, 1.165) is 24.3 Å². The summed E-state index contributed by atoms with van der Waals surface area (Å²) in [7, 11) is 2.19. The minimum Gasteiger partial charge on any atom is -0.356 e. The van der Waals surface area contributed by atoms with Gasteiger partial charge in [0.05, 0.1) is 11.4 Å². The topological polar surface area (TPSA) is 85.1 Å². The molecule has 0 atom stereocenters. The zero-order chi connectivity index (χ0) is 24.8. The van der Waals surface area contributed by atoms with Gasteiger partial charge in [0.2, 0.25) is 5.91 Å². The van der Waals surface area contributed by atoms with Crippen molar-refractivity contribution in [3.8, 4) is 5.69 Å². The van der Waals surface area contributed by atoms with Crippen LogP contribution in [0.1, 0.15) is 63.3 Å². The van der Waals surface area contributed by atoms with Gasteiger partial charge in [-0.25, -0.2) is 9.67 Å². The van der Waals surface area contributed by atoms with Crippen molar-refractivity contribution < 1.29 is 4.79 Å². The van der Waals surface area contributed by atoms with E-state index in [2.05, 4.69) is 27.3 Å². The van der Waals surface area contributed by atoms with Gasteiger partial charge in [-0.15, -0.1) is 0 Å². The highest BCUT2D eigenvalue weighted by Gasteiger charge is 2.20. The fourth-order valence-corrected chi connectivity index (χ4v) is 5.10. The average Bonchev–Trinajstić information content (AvgIpc) is 3.22. The van der Waals surface area contributed by atoms with Crippen LogP contribution in [0.4, 0.5) is 0 Å². The predicted molar refractivity (Wildman–Crippen MR) is 139 cm³/mol. The molecule has 4 rings (SSSR count). The van der Waals surface area contributed by atoms with Crippen molar-refractivity contribution >= 4 is 17.1 Å². The molecular weight excluding hydrogens is 440 g/mol. The van der Waals surface area contributed by atoms with Crippen molar-refractivity contribution in [1.82, 2.24) is 29.5 Å². The maximum atomic E-state index is 13.2. The Labute approximate surface area is 207 Å². The lowest BCUT2D eigenvalue weighted by Crippen LogP contribution is -2.36. The Morgan fingerprint density at radius 2 is 1.91 bits per heavy atom. The smallest absolute Gasteiger partial charge is 0.273 e. The van der Waals surface area contributed by atoms with Gasteiger partial charge in [-0.3, -0.25) is 14.2 Å². The highest BCUT2D eigenvalue weighted by atomic mass is 16.1. The first-order valence-corrected chi connectivity index (χ1v) is 13.0. The van der Waals surface area contributed by atoms with Crippen LogP contribution in [0.2, 0.25) is 0 Å². The molecule has 1 saturated carbocycles. The van der Waals surface area contributed by atoms with Crippen LogP contribution in [0.15, 0.2) is 35.1 Å². The number of carbonyl (C=O) groups excluding carboxylic acids is 1. The van der Waals surface area contributed by atoms with Gasteiger partial charge in [0.1, 0.15) is 11.2 Å². The Morgan fingerprint density at radius 1 is 1.17 bits per heavy atom. The number of aromatic nitrogens is 4. The zero-order valence-electron chi connectivity index (χ0n) is 21.3. The molecule has 1 aliphatic carbocycles. The molecule has 2 heterocycles. The molecule has 35 heavy (non-hydrogen) atoms. The number of hydrogen-bond acceptors (Lipinski definition) is 5. The van der Waals surface area contributed by atoms with E-state index < -0.39 is 0 Å². The van der Waals surface area contributed by atoms with Crippen molar-refractivity contribution in [2.45, 2.75) is 77.8 Å². The quantitative estimate of drug-likeness (QED) is 0.450. The summed E-state index contributed by atoms with van der Waals surface area (Å²) in [5, 5.41) is 7.67. The highest BCUT2D eigenvalue weighted by Crippen LogP contribution is 2.22. The minimum atomic E-state index is -0.154. The number of nitrogens with one attached hydrogen (secondary N) is 1. The maximum absolute atomic E-state index is 13.2. The normalized spacial score (nSPS) is 14.6. The molecule has 0 unspecified atom stereocenters. The molecule has 1 amide bonds. The number of hydrogen-bond donors (Lipinski definition) is 1. The Kier molecular flexibility index (Phi) is 8.33. The van der Waals surface area contributed by atoms with Crippen molar-refractivity contribution in [2.24, 2.45) is 0 Å². The maximum Gasteiger partial charge on any atom is 0.273 e. The first-order valence-electron chi connectivity index (χ1n) is 13.0. The number of nitrogens with zero attached hydrogens (tertiary/aromatic N) is 5. The molecule has 8 heteroatoms. The molecule has 3 aromatic rings. The molecule has 8 nitrogen and oxygen atoms in total. The van der Waals surface area contributed by atoms with Gasteiger partial charge in [-0.1, -0.05) is 37.5 Å². The minimum absolute atomic E-state index is 0.0358. The number of fused-ring (bicyclic) bond motifs is 1. The van der Waals surface area contributed by atoms with Gasteiger partial charge in [0, 0.05) is 32.0 Å². The fraction of sp³-hybridized carbons (Fsp3) is 0.556. The lowest BCUT2D eigenvalue weighted by atomic mass is 9.94. The summed E-state index contributed by atoms with van der Waals surface area (Å²) in [6.45, 7) is 6.00. The van der Waals surface area contributed by atoms with Crippen LogP contribution in [0.3, 0.4) is 0 Å². The van der Waals surface area contributed by atoms with Crippen molar-refractivity contribution in [3.63, 3.8) is 0 Å². The van der Waals surface area contributed by atoms with Gasteiger partial charge in [0.15, 0.2) is 5.65 Å². The second-order valence-corrected chi connectivity index (χ2v) is 9.59. The van der Waals surface area contributed by atoms with E-state index in [1.807, 2.05) is 44.2 Å². The van der Waals surface area contributed by atoms with E-state index in [0.29, 0.717) is 42.4 Å². The molecule has 1 N–H and O–H groups in total. The molecule has 2 aromatic heterocycles. The average molecular weight is 479 g/mol. The molecule has 0 spiro atoms. The van der Waals surface area contributed by atoms with Gasteiger partial charge < -0.3 is 10.2 Å². The highest BCUT2D eigenvalue weighted by molar-refractivity contribution is 5.77. The Balaban J connectivity index is 1.38. The summed E-state index contributed by atoms with van der Waals surface area (Å²) in [6, 6.07) is 10.5. The monoisotopic (exact) mass is 478 g/mol. The first kappa shape index (κ1) is 25.1. The lowest BCUT2D eigenvalue weighted by Gasteiger charge is -2.31. The molecule has 0 saturated heterocycles. The summed E-state index contributed by atoms with van der Waals surface area (Å²) in [5.74, 6) is -0.0358. The Bertz CT molecular complexity index is 1190. The molecule has 1 aromatic carbocycles. The van der Waals surface area contributed by atoms with Crippen LogP contribution >= 0.6 is 0 Å². The van der Waals surface area contributed by atoms with Gasteiger partial charge >= 0.3 is 0 Å². The molecule has 1 aliphatic rings. The van der Waals surface area contributed by atoms with E-state index in [4.69, 9.17) is 0 Å². The fourth-order valence-electron chi connectivity index (χ4n) is 5.10. The SMILES string of the molecule is CCn1c(=O)c(CCC(=O)NCCCN(C)C2CCCCC2)nc2c(C)nn(-c3ccccc3)c21. The van der Waals surface area contributed by atoms with Crippen LogP contribution in [0.25, 0.3) is 16.9 Å². The molecule has 0 bridgehead atoms.